The molecule has 0 radical (unpaired) electrons. The maximum atomic E-state index is 13.6. The van der Waals surface area contributed by atoms with E-state index in [2.05, 4.69) is 20.6 Å². The minimum absolute atomic E-state index is 0.0467. The topological polar surface area (TPSA) is 149 Å². The summed E-state index contributed by atoms with van der Waals surface area (Å²) in [5.41, 5.74) is 0.875. The number of nitrogens with one attached hydrogen (secondary N) is 2. The molecule has 0 saturated carbocycles. The van der Waals surface area contributed by atoms with Crippen molar-refractivity contribution in [2.24, 2.45) is 5.92 Å². The lowest BCUT2D eigenvalue weighted by Crippen LogP contribution is -2.64. The summed E-state index contributed by atoms with van der Waals surface area (Å²) in [7, 11) is 0.295. The van der Waals surface area contributed by atoms with Crippen LogP contribution in [0.25, 0.3) is 0 Å². The van der Waals surface area contributed by atoms with Crippen molar-refractivity contribution >= 4 is 30.9 Å². The van der Waals surface area contributed by atoms with Gasteiger partial charge in [0.2, 0.25) is 5.91 Å². The number of ether oxygens (including phenoxy) is 1. The number of aromatic nitrogens is 2. The standard InChI is InChI=1S/C26H32BN5O7/c1-16(2)11-22(27-38-25(35)20-14-37-15-21(32(20)3)26(36)39-27)31-23(33)18(12-17-7-5-4-6-8-17)30-24(34)19-13-28-9-10-29-19/h4-10,13,16,18,20-22H,11-12,14-15H2,1-3H3,(H,30,34)(H,31,33)/t18?,20-,21+,22-/m0/s1. The highest BCUT2D eigenvalue weighted by Crippen LogP contribution is 2.21. The number of hydrogen-bond acceptors (Lipinski definition) is 10. The highest BCUT2D eigenvalue weighted by atomic mass is 16.6. The Bertz CT molecular complexity index is 1140. The third kappa shape index (κ3) is 7.18. The van der Waals surface area contributed by atoms with Gasteiger partial charge in [0.1, 0.15) is 23.8 Å². The molecule has 1 aromatic carbocycles. The molecular weight excluding hydrogens is 505 g/mol. The van der Waals surface area contributed by atoms with Gasteiger partial charge in [-0.15, -0.1) is 0 Å². The fourth-order valence-corrected chi connectivity index (χ4v) is 4.52. The van der Waals surface area contributed by atoms with Crippen LogP contribution in [0.4, 0.5) is 0 Å². The third-order valence-corrected chi connectivity index (χ3v) is 6.63. The van der Waals surface area contributed by atoms with Gasteiger partial charge in [-0.25, -0.2) is 4.98 Å². The number of morpholine rings is 1. The fourth-order valence-electron chi connectivity index (χ4n) is 4.52. The van der Waals surface area contributed by atoms with Gasteiger partial charge in [0, 0.05) is 18.8 Å². The number of benzene rings is 1. The molecule has 13 heteroatoms. The number of carbonyl (C=O) groups is 4. The van der Waals surface area contributed by atoms with Crippen LogP contribution in [0.5, 0.6) is 0 Å². The maximum Gasteiger partial charge on any atom is 0.622 e. The van der Waals surface area contributed by atoms with Crippen molar-refractivity contribution < 1.29 is 33.2 Å². The summed E-state index contributed by atoms with van der Waals surface area (Å²) in [5.74, 6) is -3.14. The Balaban J connectivity index is 1.56. The molecule has 2 bridgehead atoms. The third-order valence-electron chi connectivity index (χ3n) is 6.63. The summed E-state index contributed by atoms with van der Waals surface area (Å²) in [6, 6.07) is 6.66. The monoisotopic (exact) mass is 537 g/mol. The number of rotatable bonds is 9. The Kier molecular flexibility index (Phi) is 9.26. The van der Waals surface area contributed by atoms with Crippen LogP contribution in [0, 0.1) is 5.92 Å². The normalized spacial score (nSPS) is 21.2. The van der Waals surface area contributed by atoms with Gasteiger partial charge in [-0.2, -0.15) is 0 Å². The van der Waals surface area contributed by atoms with E-state index in [1.54, 1.807) is 11.9 Å². The van der Waals surface area contributed by atoms with Crippen LogP contribution in [-0.4, -0.2) is 90.1 Å². The molecule has 2 aromatic rings. The number of nitrogens with zero attached hydrogens (tertiary/aromatic N) is 3. The second-order valence-corrected chi connectivity index (χ2v) is 10.0. The SMILES string of the molecule is CC(C)C[C@H](NC(=O)C(Cc1ccccc1)NC(=O)c1cnccn1)B1OC(=O)[C@H]2COC[C@@H](C(=O)O1)N2C. The molecule has 2 fully saturated rings. The Morgan fingerprint density at radius 1 is 1.05 bits per heavy atom. The molecule has 2 amide bonds. The van der Waals surface area contributed by atoms with Gasteiger partial charge in [0.05, 0.1) is 25.4 Å². The van der Waals surface area contributed by atoms with E-state index in [1.807, 2.05) is 44.2 Å². The van der Waals surface area contributed by atoms with Crippen molar-refractivity contribution in [3.63, 3.8) is 0 Å². The lowest BCUT2D eigenvalue weighted by molar-refractivity contribution is -0.166. The summed E-state index contributed by atoms with van der Waals surface area (Å²) >= 11 is 0. The van der Waals surface area contributed by atoms with Crippen LogP contribution in [0.1, 0.15) is 36.3 Å². The minimum Gasteiger partial charge on any atom is -0.497 e. The zero-order chi connectivity index (χ0) is 27.9. The quantitative estimate of drug-likeness (QED) is 0.424. The van der Waals surface area contributed by atoms with Gasteiger partial charge in [0.15, 0.2) is 0 Å². The maximum absolute atomic E-state index is 13.6. The second kappa shape index (κ2) is 12.8. The van der Waals surface area contributed by atoms with E-state index in [1.165, 1.54) is 18.6 Å². The van der Waals surface area contributed by atoms with Crippen molar-refractivity contribution in [1.82, 2.24) is 25.5 Å². The minimum atomic E-state index is -1.35. The van der Waals surface area contributed by atoms with Crippen LogP contribution in [0.2, 0.25) is 0 Å². The first-order valence-corrected chi connectivity index (χ1v) is 12.8. The largest absolute Gasteiger partial charge is 0.622 e. The van der Waals surface area contributed by atoms with Crippen molar-refractivity contribution in [3.05, 3.63) is 60.2 Å². The van der Waals surface area contributed by atoms with Crippen LogP contribution < -0.4 is 10.6 Å². The van der Waals surface area contributed by atoms with Crippen LogP contribution in [0.15, 0.2) is 48.9 Å². The second-order valence-electron chi connectivity index (χ2n) is 10.0. The Labute approximate surface area is 226 Å². The number of amides is 2. The first-order valence-electron chi connectivity index (χ1n) is 12.8. The molecule has 12 nitrogen and oxygen atoms in total. The van der Waals surface area contributed by atoms with Gasteiger partial charge in [-0.05, 0) is 24.9 Å². The number of fused-ring (bicyclic) bond motifs is 2. The average molecular weight is 537 g/mol. The predicted molar refractivity (Wildman–Crippen MR) is 139 cm³/mol. The smallest absolute Gasteiger partial charge is 0.497 e. The van der Waals surface area contributed by atoms with E-state index in [0.717, 1.165) is 5.56 Å². The molecule has 0 aliphatic carbocycles. The van der Waals surface area contributed by atoms with Crippen LogP contribution >= 0.6 is 0 Å². The molecule has 2 aliphatic rings. The zero-order valence-electron chi connectivity index (χ0n) is 22.1. The average Bonchev–Trinajstić information content (AvgIpc) is 2.92. The summed E-state index contributed by atoms with van der Waals surface area (Å²) in [5, 5.41) is 5.60. The predicted octanol–water partition coefficient (Wildman–Crippen LogP) is 0.175. The van der Waals surface area contributed by atoms with E-state index in [4.69, 9.17) is 14.0 Å². The molecule has 3 heterocycles. The van der Waals surface area contributed by atoms with E-state index >= 15 is 0 Å². The Morgan fingerprint density at radius 2 is 1.72 bits per heavy atom. The summed E-state index contributed by atoms with van der Waals surface area (Å²) in [6.45, 7) is 4.03. The lowest BCUT2D eigenvalue weighted by atomic mass is 9.73. The molecule has 4 rings (SSSR count). The van der Waals surface area contributed by atoms with Crippen molar-refractivity contribution in [3.8, 4) is 0 Å². The van der Waals surface area contributed by atoms with E-state index in [9.17, 15) is 19.2 Å². The molecule has 39 heavy (non-hydrogen) atoms. The Morgan fingerprint density at radius 3 is 2.31 bits per heavy atom. The van der Waals surface area contributed by atoms with Crippen molar-refractivity contribution in [1.29, 1.82) is 0 Å². The van der Waals surface area contributed by atoms with E-state index in [0.29, 0.717) is 6.42 Å². The number of likely N-dealkylation sites (N-methyl/N-ethyl adjacent to an activating group) is 1. The molecule has 4 atom stereocenters. The van der Waals surface area contributed by atoms with Crippen LogP contribution in [-0.2, 0) is 34.9 Å². The first-order chi connectivity index (χ1) is 18.7. The van der Waals surface area contributed by atoms with E-state index in [-0.39, 0.29) is 31.2 Å². The summed E-state index contributed by atoms with van der Waals surface area (Å²) in [4.78, 5) is 61.9. The molecule has 2 aliphatic heterocycles. The van der Waals surface area contributed by atoms with Crippen LogP contribution in [0.3, 0.4) is 0 Å². The van der Waals surface area contributed by atoms with Gasteiger partial charge in [-0.3, -0.25) is 29.1 Å². The van der Waals surface area contributed by atoms with Crippen molar-refractivity contribution in [2.75, 3.05) is 20.3 Å². The highest BCUT2D eigenvalue weighted by molar-refractivity contribution is 6.51. The molecule has 0 spiro atoms. The van der Waals surface area contributed by atoms with Gasteiger partial charge in [-0.1, -0.05) is 44.2 Å². The number of carbonyl (C=O) groups excluding carboxylic acids is 4. The molecule has 2 saturated heterocycles. The van der Waals surface area contributed by atoms with E-state index < -0.39 is 54.9 Å². The summed E-state index contributed by atoms with van der Waals surface area (Å²) < 4.78 is 16.6. The Hall–Kier alpha value is -3.84. The van der Waals surface area contributed by atoms with Gasteiger partial charge >= 0.3 is 19.1 Å². The van der Waals surface area contributed by atoms with Gasteiger partial charge < -0.3 is 24.7 Å². The molecule has 1 aromatic heterocycles. The molecule has 206 valence electrons. The fraction of sp³-hybridized carbons (Fsp3) is 0.462. The highest BCUT2D eigenvalue weighted by Gasteiger charge is 2.48. The number of hydrogen-bond donors (Lipinski definition) is 2. The zero-order valence-corrected chi connectivity index (χ0v) is 22.1. The first kappa shape index (κ1) is 28.2. The van der Waals surface area contributed by atoms with Crippen molar-refractivity contribution in [2.45, 2.75) is 50.8 Å². The lowest BCUT2D eigenvalue weighted by Gasteiger charge is -2.40. The van der Waals surface area contributed by atoms with Gasteiger partial charge in [0.25, 0.3) is 5.91 Å². The molecule has 2 N–H and O–H groups in total. The molecule has 1 unspecified atom stereocenters. The summed E-state index contributed by atoms with van der Waals surface area (Å²) in [6.07, 6.45) is 4.66. The molecular formula is C26H32BN5O7.